The summed E-state index contributed by atoms with van der Waals surface area (Å²) >= 11 is 0. The van der Waals surface area contributed by atoms with Gasteiger partial charge in [0.1, 0.15) is 0 Å². The van der Waals surface area contributed by atoms with Crippen LogP contribution in [0.2, 0.25) is 0 Å². The van der Waals surface area contributed by atoms with Crippen molar-refractivity contribution >= 4 is 0 Å². The highest BCUT2D eigenvalue weighted by atomic mass is 16.5. The average Bonchev–Trinajstić information content (AvgIpc) is 2.62. The fraction of sp³-hybridized carbons (Fsp3) is 0.600. The van der Waals surface area contributed by atoms with E-state index < -0.39 is 0 Å². The molecule has 1 nitrogen and oxygen atoms in total. The normalized spacial score (nSPS) is 15.2. The Kier molecular flexibility index (Phi) is 6.35. The van der Waals surface area contributed by atoms with Crippen molar-refractivity contribution in [3.8, 4) is 0 Å². The minimum Gasteiger partial charge on any atom is -0.366 e. The smallest absolute Gasteiger partial charge is 0.0885 e. The Labute approximate surface area is 101 Å². The van der Waals surface area contributed by atoms with E-state index >= 15 is 0 Å². The van der Waals surface area contributed by atoms with Gasteiger partial charge in [-0.05, 0) is 37.5 Å². The molecule has 1 aromatic rings. The zero-order valence-electron chi connectivity index (χ0n) is 11.8. The van der Waals surface area contributed by atoms with Gasteiger partial charge >= 0.3 is 0 Å². The number of aryl methyl sites for hydroxylation is 1. The molecule has 2 rings (SSSR count). The van der Waals surface area contributed by atoms with Crippen molar-refractivity contribution in [1.29, 1.82) is 0 Å². The number of rotatable bonds is 0. The topological polar surface area (TPSA) is 9.23 Å². The molecule has 16 heavy (non-hydrogen) atoms. The highest BCUT2D eigenvalue weighted by Gasteiger charge is 2.31. The Hall–Kier alpha value is -0.820. The standard InChI is InChI=1S/C11H14O.2C2H6/c1-8-5-4-6-9-7-12-11(2,3)10(8)9;2*1-2/h4-6H,7H2,1-3H3;2*1-2H3. The van der Waals surface area contributed by atoms with E-state index in [1.165, 1.54) is 16.7 Å². The SMILES string of the molecule is CC.CC.Cc1cccc2c1C(C)(C)OC2. The van der Waals surface area contributed by atoms with Crippen molar-refractivity contribution in [1.82, 2.24) is 0 Å². The van der Waals surface area contributed by atoms with E-state index in [1.54, 1.807) is 0 Å². The highest BCUT2D eigenvalue weighted by Crippen LogP contribution is 2.37. The number of benzene rings is 1. The van der Waals surface area contributed by atoms with Crippen molar-refractivity contribution in [2.24, 2.45) is 0 Å². The lowest BCUT2D eigenvalue weighted by Crippen LogP contribution is -2.15. The molecule has 1 heterocycles. The van der Waals surface area contributed by atoms with E-state index in [-0.39, 0.29) is 5.60 Å². The van der Waals surface area contributed by atoms with E-state index in [9.17, 15) is 0 Å². The first-order valence-corrected chi connectivity index (χ1v) is 6.34. The van der Waals surface area contributed by atoms with Crippen LogP contribution in [0.3, 0.4) is 0 Å². The molecular weight excluding hydrogens is 196 g/mol. The maximum absolute atomic E-state index is 5.69. The molecule has 0 saturated heterocycles. The summed E-state index contributed by atoms with van der Waals surface area (Å²) in [6, 6.07) is 6.39. The van der Waals surface area contributed by atoms with Crippen LogP contribution in [-0.2, 0) is 16.9 Å². The molecule has 1 heteroatoms. The summed E-state index contributed by atoms with van der Waals surface area (Å²) in [7, 11) is 0. The minimum absolute atomic E-state index is 0.0827. The third kappa shape index (κ3) is 3.08. The molecule has 0 spiro atoms. The van der Waals surface area contributed by atoms with Crippen LogP contribution in [0.1, 0.15) is 58.2 Å². The molecule has 1 aromatic carbocycles. The molecule has 0 unspecified atom stereocenters. The quantitative estimate of drug-likeness (QED) is 0.612. The molecule has 0 aliphatic carbocycles. The van der Waals surface area contributed by atoms with Gasteiger partial charge in [0.05, 0.1) is 12.2 Å². The van der Waals surface area contributed by atoms with Crippen LogP contribution >= 0.6 is 0 Å². The molecule has 1 aliphatic rings. The van der Waals surface area contributed by atoms with E-state index in [0.717, 1.165) is 6.61 Å². The van der Waals surface area contributed by atoms with Crippen LogP contribution < -0.4 is 0 Å². The third-order valence-corrected chi connectivity index (χ3v) is 2.55. The van der Waals surface area contributed by atoms with E-state index in [1.807, 2.05) is 27.7 Å². The number of hydrogen-bond acceptors (Lipinski definition) is 1. The lowest BCUT2D eigenvalue weighted by atomic mass is 9.92. The van der Waals surface area contributed by atoms with Crippen molar-refractivity contribution in [3.63, 3.8) is 0 Å². The number of ether oxygens (including phenoxy) is 1. The van der Waals surface area contributed by atoms with Crippen molar-refractivity contribution in [3.05, 3.63) is 34.9 Å². The zero-order valence-corrected chi connectivity index (χ0v) is 11.8. The Morgan fingerprint density at radius 2 is 1.62 bits per heavy atom. The van der Waals surface area contributed by atoms with Gasteiger partial charge in [0.25, 0.3) is 0 Å². The Balaban J connectivity index is 0.000000509. The average molecular weight is 222 g/mol. The van der Waals surface area contributed by atoms with E-state index in [2.05, 4.69) is 39.0 Å². The minimum atomic E-state index is -0.0827. The van der Waals surface area contributed by atoms with E-state index in [4.69, 9.17) is 4.74 Å². The maximum atomic E-state index is 5.69. The monoisotopic (exact) mass is 222 g/mol. The molecule has 0 atom stereocenters. The first-order chi connectivity index (χ1) is 7.61. The molecule has 92 valence electrons. The maximum Gasteiger partial charge on any atom is 0.0885 e. The molecule has 0 saturated carbocycles. The second-order valence-corrected chi connectivity index (χ2v) is 3.91. The zero-order chi connectivity index (χ0) is 12.8. The molecule has 0 radical (unpaired) electrons. The molecule has 0 bridgehead atoms. The predicted molar refractivity (Wildman–Crippen MR) is 71.7 cm³/mol. The van der Waals surface area contributed by atoms with Gasteiger partial charge in [-0.1, -0.05) is 45.9 Å². The van der Waals surface area contributed by atoms with Gasteiger partial charge in [-0.15, -0.1) is 0 Å². The van der Waals surface area contributed by atoms with Gasteiger partial charge in [-0.2, -0.15) is 0 Å². The molecule has 0 N–H and O–H groups in total. The van der Waals surface area contributed by atoms with Crippen molar-refractivity contribution in [2.45, 2.75) is 60.7 Å². The van der Waals surface area contributed by atoms with Crippen LogP contribution in [0.4, 0.5) is 0 Å². The first-order valence-electron chi connectivity index (χ1n) is 6.34. The molecule has 0 fully saturated rings. The number of hydrogen-bond donors (Lipinski definition) is 0. The summed E-state index contributed by atoms with van der Waals surface area (Å²) in [5, 5.41) is 0. The summed E-state index contributed by atoms with van der Waals surface area (Å²) < 4.78 is 5.69. The molecule has 0 amide bonds. The fourth-order valence-electron chi connectivity index (χ4n) is 2.04. The summed E-state index contributed by atoms with van der Waals surface area (Å²) in [5.41, 5.74) is 3.99. The summed E-state index contributed by atoms with van der Waals surface area (Å²) in [6.45, 7) is 15.2. The highest BCUT2D eigenvalue weighted by molar-refractivity contribution is 5.40. The van der Waals surface area contributed by atoms with Gasteiger partial charge in [0, 0.05) is 0 Å². The van der Waals surface area contributed by atoms with Crippen molar-refractivity contribution in [2.75, 3.05) is 0 Å². The Morgan fingerprint density at radius 3 is 2.12 bits per heavy atom. The Bertz CT molecular complexity index is 313. The molecular formula is C15H26O. The third-order valence-electron chi connectivity index (χ3n) is 2.55. The van der Waals surface area contributed by atoms with Crippen molar-refractivity contribution < 1.29 is 4.74 Å². The lowest BCUT2D eigenvalue weighted by Gasteiger charge is -2.20. The Morgan fingerprint density at radius 1 is 1.06 bits per heavy atom. The molecule has 1 aliphatic heterocycles. The van der Waals surface area contributed by atoms with Crippen LogP contribution in [0.15, 0.2) is 18.2 Å². The first kappa shape index (κ1) is 15.2. The van der Waals surface area contributed by atoms with Gasteiger partial charge in [-0.25, -0.2) is 0 Å². The summed E-state index contributed by atoms with van der Waals surface area (Å²) in [4.78, 5) is 0. The number of fused-ring (bicyclic) bond motifs is 1. The summed E-state index contributed by atoms with van der Waals surface area (Å²) in [6.07, 6.45) is 0. The van der Waals surface area contributed by atoms with Gasteiger partial charge < -0.3 is 4.74 Å². The molecule has 0 aromatic heterocycles. The fourth-order valence-corrected chi connectivity index (χ4v) is 2.04. The van der Waals surface area contributed by atoms with Crippen LogP contribution in [0, 0.1) is 6.92 Å². The second-order valence-electron chi connectivity index (χ2n) is 3.91. The second kappa shape index (κ2) is 6.70. The lowest BCUT2D eigenvalue weighted by molar-refractivity contribution is -0.00818. The van der Waals surface area contributed by atoms with Gasteiger partial charge in [-0.3, -0.25) is 0 Å². The van der Waals surface area contributed by atoms with Gasteiger partial charge in [0.15, 0.2) is 0 Å². The summed E-state index contributed by atoms with van der Waals surface area (Å²) in [5.74, 6) is 0. The van der Waals surface area contributed by atoms with E-state index in [0.29, 0.717) is 0 Å². The largest absolute Gasteiger partial charge is 0.366 e. The predicted octanol–water partition coefficient (Wildman–Crippen LogP) is 4.81. The van der Waals surface area contributed by atoms with Gasteiger partial charge in [0.2, 0.25) is 0 Å². The van der Waals surface area contributed by atoms with Crippen LogP contribution in [0.25, 0.3) is 0 Å². The van der Waals surface area contributed by atoms with Crippen LogP contribution in [0.5, 0.6) is 0 Å². The van der Waals surface area contributed by atoms with Crippen LogP contribution in [-0.4, -0.2) is 0 Å².